The first-order valence-electron chi connectivity index (χ1n) is 13.5. The highest BCUT2D eigenvalue weighted by atomic mass is 16.5. The van der Waals surface area contributed by atoms with Gasteiger partial charge in [-0.2, -0.15) is 0 Å². The van der Waals surface area contributed by atoms with Gasteiger partial charge in [-0.15, -0.1) is 0 Å². The SMILES string of the molecule is COC(=O)c1ccc(C[C@H](NC(=O)c2cc(C3CC3)nc(-c3ccccc3)n2)C(=O)N2CCN(C(=O)O)CC2)cc1. The summed E-state index contributed by atoms with van der Waals surface area (Å²) in [5.74, 6) is -0.562. The van der Waals surface area contributed by atoms with Gasteiger partial charge in [-0.1, -0.05) is 42.5 Å². The lowest BCUT2D eigenvalue weighted by atomic mass is 10.0. The molecule has 0 bridgehead atoms. The number of benzene rings is 2. The minimum absolute atomic E-state index is 0.164. The van der Waals surface area contributed by atoms with Gasteiger partial charge in [0.05, 0.1) is 12.7 Å². The lowest BCUT2D eigenvalue weighted by Gasteiger charge is -2.35. The molecule has 2 aromatic carbocycles. The number of esters is 1. The van der Waals surface area contributed by atoms with Crippen LogP contribution in [-0.4, -0.2) is 88.1 Å². The van der Waals surface area contributed by atoms with E-state index in [4.69, 9.17) is 9.72 Å². The molecule has 0 radical (unpaired) electrons. The van der Waals surface area contributed by atoms with E-state index < -0.39 is 24.0 Å². The minimum atomic E-state index is -1.03. The van der Waals surface area contributed by atoms with Crippen LogP contribution in [0.4, 0.5) is 4.79 Å². The highest BCUT2D eigenvalue weighted by Crippen LogP contribution is 2.39. The van der Waals surface area contributed by atoms with Crippen molar-refractivity contribution in [3.63, 3.8) is 0 Å². The molecule has 1 aliphatic heterocycles. The summed E-state index contributed by atoms with van der Waals surface area (Å²) in [6, 6.07) is 16.8. The van der Waals surface area contributed by atoms with Gasteiger partial charge < -0.3 is 25.0 Å². The maximum absolute atomic E-state index is 13.7. The fourth-order valence-electron chi connectivity index (χ4n) is 4.79. The van der Waals surface area contributed by atoms with Gasteiger partial charge in [-0.05, 0) is 36.6 Å². The summed E-state index contributed by atoms with van der Waals surface area (Å²) in [6.45, 7) is 0.811. The molecule has 41 heavy (non-hydrogen) atoms. The second-order valence-electron chi connectivity index (χ2n) is 10.2. The van der Waals surface area contributed by atoms with E-state index in [9.17, 15) is 24.3 Å². The van der Waals surface area contributed by atoms with E-state index in [1.54, 1.807) is 35.2 Å². The average molecular weight is 558 g/mol. The number of hydrogen-bond donors (Lipinski definition) is 2. The summed E-state index contributed by atoms with van der Waals surface area (Å²) in [7, 11) is 1.30. The Kier molecular flexibility index (Phi) is 8.23. The molecule has 0 unspecified atom stereocenters. The van der Waals surface area contributed by atoms with E-state index in [1.165, 1.54) is 12.0 Å². The third-order valence-electron chi connectivity index (χ3n) is 7.29. The highest BCUT2D eigenvalue weighted by molar-refractivity contribution is 5.96. The van der Waals surface area contributed by atoms with Gasteiger partial charge in [0.15, 0.2) is 5.82 Å². The first kappa shape index (κ1) is 27.8. The largest absolute Gasteiger partial charge is 0.465 e. The Morgan fingerprint density at radius 1 is 0.951 bits per heavy atom. The van der Waals surface area contributed by atoms with Crippen LogP contribution in [0.3, 0.4) is 0 Å². The molecule has 11 nitrogen and oxygen atoms in total. The second-order valence-corrected chi connectivity index (χ2v) is 10.2. The van der Waals surface area contributed by atoms with Crippen molar-refractivity contribution >= 4 is 23.9 Å². The van der Waals surface area contributed by atoms with E-state index >= 15 is 0 Å². The molecule has 2 heterocycles. The Balaban J connectivity index is 1.40. The molecule has 1 saturated carbocycles. The number of hydrogen-bond acceptors (Lipinski definition) is 7. The van der Waals surface area contributed by atoms with Crippen LogP contribution in [0, 0.1) is 0 Å². The number of ether oxygens (including phenoxy) is 1. The van der Waals surface area contributed by atoms with E-state index in [0.29, 0.717) is 11.4 Å². The van der Waals surface area contributed by atoms with Crippen molar-refractivity contribution in [2.45, 2.75) is 31.2 Å². The molecule has 2 N–H and O–H groups in total. The van der Waals surface area contributed by atoms with Crippen LogP contribution in [0.15, 0.2) is 60.7 Å². The summed E-state index contributed by atoms with van der Waals surface area (Å²) < 4.78 is 4.76. The summed E-state index contributed by atoms with van der Waals surface area (Å²) in [6.07, 6.45) is 1.13. The molecule has 3 aromatic rings. The zero-order valence-electron chi connectivity index (χ0n) is 22.7. The highest BCUT2D eigenvalue weighted by Gasteiger charge is 2.32. The van der Waals surface area contributed by atoms with E-state index in [2.05, 4.69) is 10.3 Å². The quantitative estimate of drug-likeness (QED) is 0.403. The number of rotatable bonds is 8. The van der Waals surface area contributed by atoms with Gasteiger partial charge in [0.25, 0.3) is 5.91 Å². The van der Waals surface area contributed by atoms with Gasteiger partial charge in [-0.3, -0.25) is 9.59 Å². The van der Waals surface area contributed by atoms with Crippen LogP contribution in [0.1, 0.15) is 50.9 Å². The van der Waals surface area contributed by atoms with E-state index in [1.807, 2.05) is 30.3 Å². The molecule has 212 valence electrons. The van der Waals surface area contributed by atoms with E-state index in [0.717, 1.165) is 29.7 Å². The lowest BCUT2D eigenvalue weighted by molar-refractivity contribution is -0.134. The Morgan fingerprint density at radius 3 is 2.22 bits per heavy atom. The van der Waals surface area contributed by atoms with Crippen molar-refractivity contribution < 1.29 is 29.0 Å². The summed E-state index contributed by atoms with van der Waals surface area (Å²) in [5.41, 5.74) is 2.87. The third kappa shape index (κ3) is 6.68. The molecule has 1 saturated heterocycles. The average Bonchev–Trinajstić information content (AvgIpc) is 3.86. The molecule has 2 fully saturated rings. The fraction of sp³-hybridized carbons (Fsp3) is 0.333. The maximum Gasteiger partial charge on any atom is 0.407 e. The van der Waals surface area contributed by atoms with Crippen LogP contribution in [0.2, 0.25) is 0 Å². The van der Waals surface area contributed by atoms with E-state index in [-0.39, 0.29) is 50.1 Å². The predicted octanol–water partition coefficient (Wildman–Crippen LogP) is 2.97. The van der Waals surface area contributed by atoms with Gasteiger partial charge in [-0.25, -0.2) is 19.6 Å². The Hall–Kier alpha value is -4.80. The third-order valence-corrected chi connectivity index (χ3v) is 7.29. The van der Waals surface area contributed by atoms with Crippen molar-refractivity contribution in [2.24, 2.45) is 0 Å². The predicted molar refractivity (Wildman–Crippen MR) is 148 cm³/mol. The molecule has 3 amide bonds. The number of nitrogens with one attached hydrogen (secondary N) is 1. The summed E-state index contributed by atoms with van der Waals surface area (Å²) >= 11 is 0. The number of carboxylic acid groups (broad SMARTS) is 1. The molecule has 1 aliphatic carbocycles. The van der Waals surface area contributed by atoms with Crippen molar-refractivity contribution in [1.29, 1.82) is 0 Å². The number of amides is 3. The molecule has 0 spiro atoms. The van der Waals surface area contributed by atoms with Crippen LogP contribution in [-0.2, 0) is 16.0 Å². The van der Waals surface area contributed by atoms with Crippen molar-refractivity contribution in [3.8, 4) is 11.4 Å². The monoisotopic (exact) mass is 557 g/mol. The van der Waals surface area contributed by atoms with Gasteiger partial charge in [0.2, 0.25) is 5.91 Å². The Morgan fingerprint density at radius 2 is 1.61 bits per heavy atom. The number of carbonyl (C=O) groups excluding carboxylic acids is 3. The smallest absolute Gasteiger partial charge is 0.407 e. The molecule has 1 aromatic heterocycles. The fourth-order valence-corrected chi connectivity index (χ4v) is 4.79. The number of carbonyl (C=O) groups is 4. The van der Waals surface area contributed by atoms with Crippen LogP contribution >= 0.6 is 0 Å². The number of aromatic nitrogens is 2. The molecular formula is C30H31N5O6. The molecule has 11 heteroatoms. The lowest BCUT2D eigenvalue weighted by Crippen LogP contribution is -2.56. The molecule has 2 aliphatic rings. The first-order valence-corrected chi connectivity index (χ1v) is 13.5. The summed E-state index contributed by atoms with van der Waals surface area (Å²) in [5, 5.41) is 12.2. The zero-order valence-corrected chi connectivity index (χ0v) is 22.7. The van der Waals surface area contributed by atoms with Gasteiger partial charge in [0, 0.05) is 49.8 Å². The normalized spacial score (nSPS) is 15.6. The zero-order chi connectivity index (χ0) is 28.9. The number of piperazine rings is 1. The van der Waals surface area contributed by atoms with Crippen molar-refractivity contribution in [3.05, 3.63) is 83.2 Å². The number of nitrogens with zero attached hydrogens (tertiary/aromatic N) is 4. The van der Waals surface area contributed by atoms with Crippen LogP contribution < -0.4 is 5.32 Å². The standard InChI is InChI=1S/C30H31N5O6/c1-41-29(38)22-9-7-19(8-10-22)17-25(28(37)34-13-15-35(16-14-34)30(39)40)33-27(36)24-18-23(20-11-12-20)31-26(32-24)21-5-3-2-4-6-21/h2-10,18,20,25H,11-17H2,1H3,(H,33,36)(H,39,40)/t25-/m0/s1. The topological polar surface area (TPSA) is 142 Å². The maximum atomic E-state index is 13.7. The first-order chi connectivity index (χ1) is 19.8. The second kappa shape index (κ2) is 12.2. The molecular weight excluding hydrogens is 526 g/mol. The van der Waals surface area contributed by atoms with Crippen LogP contribution in [0.25, 0.3) is 11.4 Å². The Labute approximate surface area is 237 Å². The Bertz CT molecular complexity index is 1430. The molecule has 1 atom stereocenters. The number of methoxy groups -OCH3 is 1. The van der Waals surface area contributed by atoms with Crippen LogP contribution in [0.5, 0.6) is 0 Å². The van der Waals surface area contributed by atoms with Crippen molar-refractivity contribution in [2.75, 3.05) is 33.3 Å². The minimum Gasteiger partial charge on any atom is -0.465 e. The van der Waals surface area contributed by atoms with Gasteiger partial charge >= 0.3 is 12.1 Å². The van der Waals surface area contributed by atoms with Gasteiger partial charge in [0.1, 0.15) is 11.7 Å². The molecule has 5 rings (SSSR count). The van der Waals surface area contributed by atoms with Crippen molar-refractivity contribution in [1.82, 2.24) is 25.1 Å². The summed E-state index contributed by atoms with van der Waals surface area (Å²) in [4.78, 5) is 62.5.